The third-order valence-corrected chi connectivity index (χ3v) is 4.10. The molecule has 0 unspecified atom stereocenters. The van der Waals surface area contributed by atoms with Crippen LogP contribution in [0.5, 0.6) is 0 Å². The molecule has 0 atom stereocenters. The molecular formula is C15H17N7. The zero-order chi connectivity index (χ0) is 14.8. The van der Waals surface area contributed by atoms with Crippen molar-refractivity contribution in [3.05, 3.63) is 43.4 Å². The lowest BCUT2D eigenvalue weighted by Crippen LogP contribution is -2.35. The fourth-order valence-electron chi connectivity index (χ4n) is 2.99. The molecule has 3 aromatic rings. The minimum atomic E-state index is 0.445. The van der Waals surface area contributed by atoms with E-state index in [9.17, 15) is 0 Å². The van der Waals surface area contributed by atoms with Crippen molar-refractivity contribution in [1.82, 2.24) is 29.5 Å². The quantitative estimate of drug-likeness (QED) is 0.798. The lowest BCUT2D eigenvalue weighted by molar-refractivity contribution is 0.396. The summed E-state index contributed by atoms with van der Waals surface area (Å²) in [6, 6.07) is 2.29. The number of hydrogen-bond donors (Lipinski definition) is 1. The Morgan fingerprint density at radius 2 is 1.86 bits per heavy atom. The molecule has 1 aliphatic rings. The van der Waals surface area contributed by atoms with Gasteiger partial charge < -0.3 is 14.5 Å². The molecule has 1 saturated heterocycles. The number of piperidine rings is 1. The Labute approximate surface area is 128 Å². The first kappa shape index (κ1) is 13.0. The molecule has 0 radical (unpaired) electrons. The highest BCUT2D eigenvalue weighted by Gasteiger charge is 2.24. The highest BCUT2D eigenvalue weighted by atomic mass is 15.3. The maximum Gasteiger partial charge on any atom is 0.225 e. The Balaban J connectivity index is 1.50. The van der Waals surface area contributed by atoms with E-state index in [0.29, 0.717) is 6.04 Å². The van der Waals surface area contributed by atoms with Crippen LogP contribution in [0.2, 0.25) is 0 Å². The average molecular weight is 295 g/mol. The van der Waals surface area contributed by atoms with Gasteiger partial charge in [-0.05, 0) is 18.9 Å². The van der Waals surface area contributed by atoms with Crippen molar-refractivity contribution in [1.29, 1.82) is 0 Å². The van der Waals surface area contributed by atoms with Crippen molar-refractivity contribution in [2.45, 2.75) is 18.9 Å². The topological polar surface area (TPSA) is 75.5 Å². The largest absolute Gasteiger partial charge is 0.342 e. The molecule has 1 N–H and O–H groups in total. The van der Waals surface area contributed by atoms with E-state index >= 15 is 0 Å². The Kier molecular flexibility index (Phi) is 3.30. The third kappa shape index (κ3) is 2.34. The van der Waals surface area contributed by atoms with Crippen LogP contribution in [0.3, 0.4) is 0 Å². The average Bonchev–Trinajstić information content (AvgIpc) is 3.27. The van der Waals surface area contributed by atoms with Gasteiger partial charge in [-0.2, -0.15) is 0 Å². The summed E-state index contributed by atoms with van der Waals surface area (Å²) >= 11 is 0. The second-order valence-corrected chi connectivity index (χ2v) is 5.39. The molecule has 0 spiro atoms. The van der Waals surface area contributed by atoms with E-state index in [-0.39, 0.29) is 0 Å². The molecule has 7 nitrogen and oxygen atoms in total. The molecule has 1 aliphatic heterocycles. The summed E-state index contributed by atoms with van der Waals surface area (Å²) in [6.07, 6.45) is 13.1. The molecule has 4 rings (SSSR count). The number of aromatic amines is 1. The molecule has 3 aromatic heterocycles. The number of rotatable bonds is 3. The molecule has 7 heteroatoms. The van der Waals surface area contributed by atoms with Crippen molar-refractivity contribution in [3.63, 3.8) is 0 Å². The fourth-order valence-corrected chi connectivity index (χ4v) is 2.99. The van der Waals surface area contributed by atoms with Crippen LogP contribution in [0.25, 0.3) is 11.5 Å². The van der Waals surface area contributed by atoms with E-state index in [2.05, 4.69) is 40.6 Å². The Morgan fingerprint density at radius 1 is 1.05 bits per heavy atom. The van der Waals surface area contributed by atoms with Crippen LogP contribution in [-0.4, -0.2) is 42.6 Å². The number of imidazole rings is 2. The maximum atomic E-state index is 4.46. The number of anilines is 1. The zero-order valence-corrected chi connectivity index (χ0v) is 12.1. The van der Waals surface area contributed by atoms with Crippen LogP contribution < -0.4 is 4.90 Å². The van der Waals surface area contributed by atoms with Gasteiger partial charge >= 0.3 is 0 Å². The van der Waals surface area contributed by atoms with Crippen LogP contribution in [0.15, 0.2) is 43.4 Å². The van der Waals surface area contributed by atoms with Gasteiger partial charge in [0.2, 0.25) is 5.95 Å². The van der Waals surface area contributed by atoms with Gasteiger partial charge in [-0.1, -0.05) is 0 Å². The van der Waals surface area contributed by atoms with Gasteiger partial charge in [0.15, 0.2) is 5.82 Å². The van der Waals surface area contributed by atoms with Crippen molar-refractivity contribution < 1.29 is 0 Å². The molecule has 0 saturated carbocycles. The number of aromatic nitrogens is 6. The molecule has 0 aliphatic carbocycles. The van der Waals surface area contributed by atoms with Crippen molar-refractivity contribution in [2.75, 3.05) is 18.0 Å². The molecular weight excluding hydrogens is 278 g/mol. The van der Waals surface area contributed by atoms with E-state index in [1.807, 2.05) is 18.5 Å². The molecule has 0 aromatic carbocycles. The van der Waals surface area contributed by atoms with Crippen LogP contribution in [0, 0.1) is 0 Å². The van der Waals surface area contributed by atoms with Crippen LogP contribution >= 0.6 is 0 Å². The summed E-state index contributed by atoms with van der Waals surface area (Å²) in [6.45, 7) is 1.91. The standard InChI is InChI=1S/C15H17N7/c1-4-18-15(19-5-1)21-7-2-12(3-8-21)22-9-6-17-14(22)13-10-16-11-20-13/h1,4-6,9-12H,2-3,7-8H2,(H,16,20). The first-order valence-electron chi connectivity index (χ1n) is 7.45. The predicted octanol–water partition coefficient (Wildman–Crippen LogP) is 1.90. The minimum Gasteiger partial charge on any atom is -0.342 e. The summed E-state index contributed by atoms with van der Waals surface area (Å²) < 4.78 is 2.25. The summed E-state index contributed by atoms with van der Waals surface area (Å²) in [5.74, 6) is 1.77. The van der Waals surface area contributed by atoms with Gasteiger partial charge in [0, 0.05) is 43.9 Å². The molecule has 112 valence electrons. The molecule has 0 amide bonds. The smallest absolute Gasteiger partial charge is 0.225 e. The SMILES string of the molecule is c1cnc(N2CCC(n3ccnc3-c3cnc[nH]3)CC2)nc1. The van der Waals surface area contributed by atoms with E-state index in [0.717, 1.165) is 43.4 Å². The van der Waals surface area contributed by atoms with Gasteiger partial charge in [-0.15, -0.1) is 0 Å². The third-order valence-electron chi connectivity index (χ3n) is 4.10. The lowest BCUT2D eigenvalue weighted by Gasteiger charge is -2.33. The molecule has 0 bridgehead atoms. The van der Waals surface area contributed by atoms with Crippen LogP contribution in [-0.2, 0) is 0 Å². The van der Waals surface area contributed by atoms with Crippen molar-refractivity contribution in [3.8, 4) is 11.5 Å². The first-order valence-corrected chi connectivity index (χ1v) is 7.45. The fraction of sp³-hybridized carbons (Fsp3) is 0.333. The zero-order valence-electron chi connectivity index (χ0n) is 12.1. The summed E-state index contributed by atoms with van der Waals surface area (Å²) in [5, 5.41) is 0. The van der Waals surface area contributed by atoms with Crippen LogP contribution in [0.4, 0.5) is 5.95 Å². The van der Waals surface area contributed by atoms with Gasteiger partial charge in [0.1, 0.15) is 5.69 Å². The summed E-state index contributed by atoms with van der Waals surface area (Å²) in [5.41, 5.74) is 0.957. The van der Waals surface area contributed by atoms with Crippen molar-refractivity contribution >= 4 is 5.95 Å². The highest BCUT2D eigenvalue weighted by Crippen LogP contribution is 2.28. The first-order chi connectivity index (χ1) is 10.9. The second kappa shape index (κ2) is 5.59. The summed E-state index contributed by atoms with van der Waals surface area (Å²) in [7, 11) is 0. The van der Waals surface area contributed by atoms with E-state index in [1.54, 1.807) is 18.7 Å². The summed E-state index contributed by atoms with van der Waals surface area (Å²) in [4.78, 5) is 22.6. The lowest BCUT2D eigenvalue weighted by atomic mass is 10.0. The van der Waals surface area contributed by atoms with E-state index in [1.165, 1.54) is 0 Å². The predicted molar refractivity (Wildman–Crippen MR) is 82.3 cm³/mol. The number of nitrogens with zero attached hydrogens (tertiary/aromatic N) is 6. The Morgan fingerprint density at radius 3 is 2.59 bits per heavy atom. The molecule has 4 heterocycles. The van der Waals surface area contributed by atoms with Gasteiger partial charge in [-0.3, -0.25) is 0 Å². The minimum absolute atomic E-state index is 0.445. The Hall–Kier alpha value is -2.70. The number of H-pyrrole nitrogens is 1. The van der Waals surface area contributed by atoms with Crippen molar-refractivity contribution in [2.24, 2.45) is 0 Å². The molecule has 22 heavy (non-hydrogen) atoms. The molecule has 1 fully saturated rings. The van der Waals surface area contributed by atoms with E-state index < -0.39 is 0 Å². The second-order valence-electron chi connectivity index (χ2n) is 5.39. The van der Waals surface area contributed by atoms with Gasteiger partial charge in [0.25, 0.3) is 0 Å². The van der Waals surface area contributed by atoms with E-state index in [4.69, 9.17) is 0 Å². The highest BCUT2D eigenvalue weighted by molar-refractivity contribution is 5.48. The Bertz CT molecular complexity index is 711. The van der Waals surface area contributed by atoms with Gasteiger partial charge in [-0.25, -0.2) is 19.9 Å². The monoisotopic (exact) mass is 295 g/mol. The number of hydrogen-bond acceptors (Lipinski definition) is 5. The maximum absolute atomic E-state index is 4.46. The normalized spacial score (nSPS) is 16.1. The number of nitrogens with one attached hydrogen (secondary N) is 1. The van der Waals surface area contributed by atoms with Gasteiger partial charge in [0.05, 0.1) is 12.5 Å². The van der Waals surface area contributed by atoms with Crippen LogP contribution in [0.1, 0.15) is 18.9 Å².